The summed E-state index contributed by atoms with van der Waals surface area (Å²) in [7, 11) is 1.72. The Morgan fingerprint density at radius 1 is 1.14 bits per heavy atom. The second kappa shape index (κ2) is 9.76. The van der Waals surface area contributed by atoms with E-state index in [0.29, 0.717) is 6.04 Å². The highest BCUT2D eigenvalue weighted by atomic mass is 32.2. The van der Waals surface area contributed by atoms with E-state index in [-0.39, 0.29) is 5.91 Å². The number of rotatable bonds is 7. The Morgan fingerprint density at radius 2 is 1.83 bits per heavy atom. The van der Waals surface area contributed by atoms with Crippen LogP contribution in [0.3, 0.4) is 0 Å². The number of benzene rings is 1. The quantitative estimate of drug-likeness (QED) is 0.403. The van der Waals surface area contributed by atoms with Crippen LogP contribution >= 0.6 is 11.8 Å². The molecule has 3 aromatic rings. The molecule has 7 heteroatoms. The Hall–Kier alpha value is -2.67. The van der Waals surface area contributed by atoms with Crippen molar-refractivity contribution in [3.8, 4) is 17.0 Å². The number of piperidine rings is 1. The first-order valence-electron chi connectivity index (χ1n) is 12.6. The summed E-state index contributed by atoms with van der Waals surface area (Å²) in [5.41, 5.74) is 7.11. The fourth-order valence-corrected chi connectivity index (χ4v) is 6.15. The van der Waals surface area contributed by atoms with Gasteiger partial charge in [-0.3, -0.25) is 4.79 Å². The van der Waals surface area contributed by atoms with Crippen molar-refractivity contribution in [3.63, 3.8) is 0 Å². The maximum absolute atomic E-state index is 11.9. The summed E-state index contributed by atoms with van der Waals surface area (Å²) in [6.07, 6.45) is 6.77. The van der Waals surface area contributed by atoms with Gasteiger partial charge in [-0.1, -0.05) is 6.07 Å². The van der Waals surface area contributed by atoms with Crippen LogP contribution in [0.2, 0.25) is 0 Å². The van der Waals surface area contributed by atoms with Gasteiger partial charge in [0.15, 0.2) is 0 Å². The Bertz CT molecular complexity index is 1220. The highest BCUT2D eigenvalue weighted by Crippen LogP contribution is 2.41. The number of carbonyl (C=O) groups excluding carboxylic acids is 1. The molecule has 0 N–H and O–H groups in total. The number of fused-ring (bicyclic) bond motifs is 1. The number of ether oxygens (including phenoxy) is 1. The van der Waals surface area contributed by atoms with E-state index in [1.807, 2.05) is 4.90 Å². The third kappa shape index (κ3) is 4.63. The Kier molecular flexibility index (Phi) is 6.71. The molecule has 0 radical (unpaired) electrons. The van der Waals surface area contributed by atoms with E-state index in [2.05, 4.69) is 59.9 Å². The van der Waals surface area contributed by atoms with Crippen LogP contribution in [0.25, 0.3) is 16.8 Å². The fraction of sp³-hybridized carbons (Fsp3) is 0.500. The molecule has 2 aliphatic rings. The maximum Gasteiger partial charge on any atom is 0.219 e. The smallest absolute Gasteiger partial charge is 0.219 e. The highest BCUT2D eigenvalue weighted by Gasteiger charge is 2.34. The molecular formula is C28H36N4O2S. The van der Waals surface area contributed by atoms with E-state index in [1.165, 1.54) is 35.2 Å². The number of carbonyl (C=O) groups is 1. The van der Waals surface area contributed by atoms with Crippen LogP contribution in [-0.4, -0.2) is 59.5 Å². The zero-order valence-electron chi connectivity index (χ0n) is 21.5. The first-order valence-corrected chi connectivity index (χ1v) is 13.9. The summed E-state index contributed by atoms with van der Waals surface area (Å²) < 4.78 is 7.65. The number of amides is 1. The largest absolute Gasteiger partial charge is 0.497 e. The molecule has 1 aromatic carbocycles. The summed E-state index contributed by atoms with van der Waals surface area (Å²) in [4.78, 5) is 16.6. The second-order valence-electron chi connectivity index (χ2n) is 10.0. The second-order valence-corrected chi connectivity index (χ2v) is 10.8. The molecule has 5 rings (SSSR count). The molecule has 6 nitrogen and oxygen atoms in total. The van der Waals surface area contributed by atoms with Crippen molar-refractivity contribution >= 4 is 28.9 Å². The number of thioether (sulfide) groups is 1. The number of aryl methyl sites for hydroxylation is 2. The number of hydrogen-bond donors (Lipinski definition) is 0. The molecule has 0 atom stereocenters. The van der Waals surface area contributed by atoms with Crippen LogP contribution in [0.4, 0.5) is 5.69 Å². The van der Waals surface area contributed by atoms with Crippen LogP contribution < -0.4 is 9.64 Å². The van der Waals surface area contributed by atoms with Crippen molar-refractivity contribution in [1.29, 1.82) is 0 Å². The van der Waals surface area contributed by atoms with Gasteiger partial charge < -0.3 is 14.5 Å². The molecule has 1 amide bonds. The monoisotopic (exact) mass is 492 g/mol. The highest BCUT2D eigenvalue weighted by molar-refractivity contribution is 7.98. The molecular weight excluding hydrogens is 456 g/mol. The molecule has 0 spiro atoms. The standard InChI is InChI=1S/C28H36N4O2S/c1-18-15-23(34-4)16-19(2)26(18)24-7-6-8-25-27(28(35-5)29-32(24)25)31(17-21-9-10-21)22-11-13-30(14-12-22)20(3)33/h6-8,15-16,21-22H,9-14,17H2,1-5H3. The third-order valence-electron chi connectivity index (χ3n) is 7.58. The number of likely N-dealkylation sites (tertiary alicyclic amines) is 1. The van der Waals surface area contributed by atoms with Gasteiger partial charge in [0, 0.05) is 38.2 Å². The molecule has 3 heterocycles. The molecule has 1 saturated carbocycles. The van der Waals surface area contributed by atoms with Gasteiger partial charge in [-0.15, -0.1) is 11.8 Å². The summed E-state index contributed by atoms with van der Waals surface area (Å²) >= 11 is 1.73. The Morgan fingerprint density at radius 3 is 2.40 bits per heavy atom. The summed E-state index contributed by atoms with van der Waals surface area (Å²) in [5, 5.41) is 6.24. The molecule has 1 saturated heterocycles. The average molecular weight is 493 g/mol. The van der Waals surface area contributed by atoms with Gasteiger partial charge in [0.1, 0.15) is 10.8 Å². The van der Waals surface area contributed by atoms with Crippen LogP contribution in [0.5, 0.6) is 5.75 Å². The van der Waals surface area contributed by atoms with Crippen molar-refractivity contribution < 1.29 is 9.53 Å². The minimum atomic E-state index is 0.188. The van der Waals surface area contributed by atoms with Gasteiger partial charge in [-0.05, 0) is 87.1 Å². The number of aromatic nitrogens is 2. The van der Waals surface area contributed by atoms with E-state index in [9.17, 15) is 4.79 Å². The number of pyridine rings is 1. The van der Waals surface area contributed by atoms with Crippen LogP contribution in [0, 0.1) is 19.8 Å². The molecule has 35 heavy (non-hydrogen) atoms. The Balaban J connectivity index is 1.60. The molecule has 2 fully saturated rings. The normalized spacial score (nSPS) is 16.7. The number of hydrogen-bond acceptors (Lipinski definition) is 5. The van der Waals surface area contributed by atoms with Gasteiger partial charge in [-0.25, -0.2) is 4.52 Å². The van der Waals surface area contributed by atoms with Crippen LogP contribution in [0.15, 0.2) is 35.4 Å². The molecule has 2 aromatic heterocycles. The van der Waals surface area contributed by atoms with Crippen molar-refractivity contribution in [2.24, 2.45) is 5.92 Å². The van der Waals surface area contributed by atoms with Gasteiger partial charge in [0.25, 0.3) is 0 Å². The van der Waals surface area contributed by atoms with Gasteiger partial charge in [0.2, 0.25) is 5.91 Å². The molecule has 186 valence electrons. The maximum atomic E-state index is 11.9. The minimum absolute atomic E-state index is 0.188. The number of nitrogens with zero attached hydrogens (tertiary/aromatic N) is 4. The predicted molar refractivity (Wildman–Crippen MR) is 144 cm³/mol. The van der Waals surface area contributed by atoms with E-state index >= 15 is 0 Å². The summed E-state index contributed by atoms with van der Waals surface area (Å²) in [5.74, 6) is 1.84. The molecule has 1 aliphatic carbocycles. The lowest BCUT2D eigenvalue weighted by molar-refractivity contribution is -0.129. The zero-order chi connectivity index (χ0) is 24.7. The first kappa shape index (κ1) is 24.0. The predicted octanol–water partition coefficient (Wildman–Crippen LogP) is 5.58. The number of anilines is 1. The Labute approximate surface area is 212 Å². The van der Waals surface area contributed by atoms with Crippen molar-refractivity contribution in [3.05, 3.63) is 41.5 Å². The molecule has 1 aliphatic heterocycles. The van der Waals surface area contributed by atoms with Crippen molar-refractivity contribution in [2.45, 2.75) is 57.5 Å². The zero-order valence-corrected chi connectivity index (χ0v) is 22.3. The SMILES string of the molecule is COc1cc(C)c(-c2cccc3c(N(CC4CC4)C4CCN(C(C)=O)CC4)c(SC)nn23)c(C)c1. The van der Waals surface area contributed by atoms with Crippen LogP contribution in [-0.2, 0) is 4.79 Å². The average Bonchev–Trinajstić information content (AvgIpc) is 3.60. The third-order valence-corrected chi connectivity index (χ3v) is 8.24. The molecule has 0 unspecified atom stereocenters. The van der Waals surface area contributed by atoms with Crippen molar-refractivity contribution in [2.75, 3.05) is 37.9 Å². The van der Waals surface area contributed by atoms with Gasteiger partial charge in [-0.2, -0.15) is 5.10 Å². The topological polar surface area (TPSA) is 50.1 Å². The van der Waals surface area contributed by atoms with Crippen LogP contribution in [0.1, 0.15) is 43.7 Å². The summed E-state index contributed by atoms with van der Waals surface area (Å²) in [6, 6.07) is 11.2. The van der Waals surface area contributed by atoms with Crippen molar-refractivity contribution in [1.82, 2.24) is 14.5 Å². The van der Waals surface area contributed by atoms with E-state index in [4.69, 9.17) is 9.84 Å². The van der Waals surface area contributed by atoms with E-state index in [0.717, 1.165) is 60.4 Å². The fourth-order valence-electron chi connectivity index (χ4n) is 5.57. The lowest BCUT2D eigenvalue weighted by Gasteiger charge is -2.39. The van der Waals surface area contributed by atoms with E-state index in [1.54, 1.807) is 25.8 Å². The van der Waals surface area contributed by atoms with Gasteiger partial charge in [0.05, 0.1) is 24.0 Å². The van der Waals surface area contributed by atoms with Gasteiger partial charge >= 0.3 is 0 Å². The lowest BCUT2D eigenvalue weighted by Crippen LogP contribution is -2.47. The first-order chi connectivity index (χ1) is 16.9. The molecule has 0 bridgehead atoms. The number of methoxy groups -OCH3 is 1. The minimum Gasteiger partial charge on any atom is -0.497 e. The van der Waals surface area contributed by atoms with E-state index < -0.39 is 0 Å². The summed E-state index contributed by atoms with van der Waals surface area (Å²) in [6.45, 7) is 8.72. The lowest BCUT2D eigenvalue weighted by atomic mass is 9.98.